The number of piperidine rings is 1. The lowest BCUT2D eigenvalue weighted by atomic mass is 10.00. The summed E-state index contributed by atoms with van der Waals surface area (Å²) in [4.78, 5) is 16.5. The minimum absolute atomic E-state index is 0.0658. The highest BCUT2D eigenvalue weighted by Crippen LogP contribution is 2.21. The third kappa shape index (κ3) is 3.28. The van der Waals surface area contributed by atoms with Crippen LogP contribution in [0.4, 0.5) is 5.69 Å². The van der Waals surface area contributed by atoms with Crippen LogP contribution in [0.5, 0.6) is 0 Å². The molecule has 0 aliphatic carbocycles. The number of anilines is 1. The molecule has 1 aromatic heterocycles. The lowest BCUT2D eigenvalue weighted by Gasteiger charge is -2.38. The van der Waals surface area contributed by atoms with Crippen molar-refractivity contribution in [2.45, 2.75) is 52.1 Å². The maximum atomic E-state index is 12.5. The molecule has 2 atom stereocenters. The molecular formula is C15H24N4O. The van der Waals surface area contributed by atoms with Gasteiger partial charge in [-0.2, -0.15) is 0 Å². The average molecular weight is 276 g/mol. The Balaban J connectivity index is 2.11. The SMILES string of the molecule is CCNc1cnccc1C(=O)NN1C(C)CCCC1C. The number of nitrogens with zero attached hydrogens (tertiary/aromatic N) is 2. The smallest absolute Gasteiger partial charge is 0.267 e. The van der Waals surface area contributed by atoms with E-state index in [0.29, 0.717) is 17.6 Å². The third-order valence-corrected chi connectivity index (χ3v) is 3.86. The molecule has 0 aromatic carbocycles. The van der Waals surface area contributed by atoms with Gasteiger partial charge in [0.25, 0.3) is 5.91 Å². The third-order valence-electron chi connectivity index (χ3n) is 3.86. The number of aromatic nitrogens is 1. The Morgan fingerprint density at radius 2 is 2.10 bits per heavy atom. The molecule has 0 bridgehead atoms. The van der Waals surface area contributed by atoms with E-state index in [9.17, 15) is 4.79 Å². The average Bonchev–Trinajstić information content (AvgIpc) is 2.44. The molecule has 1 aliphatic rings. The molecule has 5 heteroatoms. The molecule has 2 unspecified atom stereocenters. The van der Waals surface area contributed by atoms with E-state index >= 15 is 0 Å². The second-order valence-corrected chi connectivity index (χ2v) is 5.43. The number of carbonyl (C=O) groups excluding carboxylic acids is 1. The zero-order chi connectivity index (χ0) is 14.5. The van der Waals surface area contributed by atoms with Gasteiger partial charge in [0, 0.05) is 24.8 Å². The van der Waals surface area contributed by atoms with Gasteiger partial charge in [0.1, 0.15) is 0 Å². The Bertz CT molecular complexity index is 453. The first kappa shape index (κ1) is 14.8. The topological polar surface area (TPSA) is 57.3 Å². The lowest BCUT2D eigenvalue weighted by Crippen LogP contribution is -2.54. The highest BCUT2D eigenvalue weighted by molar-refractivity contribution is 5.99. The molecule has 110 valence electrons. The molecule has 2 heterocycles. The van der Waals surface area contributed by atoms with Crippen LogP contribution >= 0.6 is 0 Å². The number of rotatable bonds is 4. The molecule has 1 saturated heterocycles. The van der Waals surface area contributed by atoms with Crippen LogP contribution in [0.1, 0.15) is 50.4 Å². The fraction of sp³-hybridized carbons (Fsp3) is 0.600. The first-order valence-corrected chi connectivity index (χ1v) is 7.40. The van der Waals surface area contributed by atoms with Crippen LogP contribution in [0.3, 0.4) is 0 Å². The molecule has 0 radical (unpaired) electrons. The number of amides is 1. The van der Waals surface area contributed by atoms with Crippen molar-refractivity contribution in [3.8, 4) is 0 Å². The Hall–Kier alpha value is -1.62. The number of hydrogen-bond acceptors (Lipinski definition) is 4. The molecule has 5 nitrogen and oxygen atoms in total. The zero-order valence-electron chi connectivity index (χ0n) is 12.5. The molecule has 20 heavy (non-hydrogen) atoms. The number of hydrazine groups is 1. The van der Waals surface area contributed by atoms with Gasteiger partial charge in [-0.3, -0.25) is 15.2 Å². The van der Waals surface area contributed by atoms with Gasteiger partial charge in [-0.05, 0) is 39.7 Å². The normalized spacial score (nSPS) is 23.4. The van der Waals surface area contributed by atoms with Gasteiger partial charge in [0.15, 0.2) is 0 Å². The van der Waals surface area contributed by atoms with Crippen LogP contribution < -0.4 is 10.7 Å². The van der Waals surface area contributed by atoms with Gasteiger partial charge < -0.3 is 5.32 Å². The molecule has 1 fully saturated rings. The summed E-state index contributed by atoms with van der Waals surface area (Å²) >= 11 is 0. The summed E-state index contributed by atoms with van der Waals surface area (Å²) in [5.41, 5.74) is 4.49. The summed E-state index contributed by atoms with van der Waals surface area (Å²) in [6, 6.07) is 2.52. The van der Waals surface area contributed by atoms with Crippen LogP contribution in [0, 0.1) is 0 Å². The Morgan fingerprint density at radius 1 is 1.40 bits per heavy atom. The fourth-order valence-electron chi connectivity index (χ4n) is 2.74. The van der Waals surface area contributed by atoms with Crippen molar-refractivity contribution >= 4 is 11.6 Å². The fourth-order valence-corrected chi connectivity index (χ4v) is 2.74. The van der Waals surface area contributed by atoms with Gasteiger partial charge in [-0.1, -0.05) is 6.42 Å². The van der Waals surface area contributed by atoms with E-state index in [-0.39, 0.29) is 5.91 Å². The summed E-state index contributed by atoms with van der Waals surface area (Å²) in [6.45, 7) is 7.09. The number of carbonyl (C=O) groups is 1. The lowest BCUT2D eigenvalue weighted by molar-refractivity contribution is 0.0370. The minimum Gasteiger partial charge on any atom is -0.383 e. The molecule has 1 amide bonds. The second kappa shape index (κ2) is 6.70. The van der Waals surface area contributed by atoms with Crippen LogP contribution in [0.15, 0.2) is 18.5 Å². The van der Waals surface area contributed by atoms with Crippen molar-refractivity contribution in [3.63, 3.8) is 0 Å². The van der Waals surface area contributed by atoms with E-state index in [1.54, 1.807) is 18.5 Å². The van der Waals surface area contributed by atoms with E-state index in [0.717, 1.165) is 25.1 Å². The molecule has 0 spiro atoms. The molecule has 0 saturated carbocycles. The van der Waals surface area contributed by atoms with Gasteiger partial charge in [0.05, 0.1) is 17.4 Å². The van der Waals surface area contributed by atoms with Crippen molar-refractivity contribution in [2.24, 2.45) is 0 Å². The Labute approximate surface area is 120 Å². The first-order chi connectivity index (χ1) is 9.63. The maximum Gasteiger partial charge on any atom is 0.267 e. The number of hydrogen-bond donors (Lipinski definition) is 2. The number of pyridine rings is 1. The van der Waals surface area contributed by atoms with Crippen LogP contribution in [0.25, 0.3) is 0 Å². The van der Waals surface area contributed by atoms with Gasteiger partial charge >= 0.3 is 0 Å². The van der Waals surface area contributed by atoms with Crippen molar-refractivity contribution in [1.82, 2.24) is 15.4 Å². The minimum atomic E-state index is -0.0658. The van der Waals surface area contributed by atoms with E-state index in [1.807, 2.05) is 6.92 Å². The van der Waals surface area contributed by atoms with E-state index in [2.05, 4.69) is 34.6 Å². The summed E-state index contributed by atoms with van der Waals surface area (Å²) in [5.74, 6) is -0.0658. The zero-order valence-corrected chi connectivity index (χ0v) is 12.5. The summed E-state index contributed by atoms with van der Waals surface area (Å²) < 4.78 is 0. The Morgan fingerprint density at radius 3 is 2.75 bits per heavy atom. The highest BCUT2D eigenvalue weighted by atomic mass is 16.2. The van der Waals surface area contributed by atoms with Crippen molar-refractivity contribution < 1.29 is 4.79 Å². The largest absolute Gasteiger partial charge is 0.383 e. The van der Waals surface area contributed by atoms with Crippen LogP contribution in [-0.4, -0.2) is 34.5 Å². The van der Waals surface area contributed by atoms with Gasteiger partial charge in [0.2, 0.25) is 0 Å². The monoisotopic (exact) mass is 276 g/mol. The molecule has 1 aromatic rings. The quantitative estimate of drug-likeness (QED) is 0.886. The van der Waals surface area contributed by atoms with Crippen LogP contribution in [0.2, 0.25) is 0 Å². The standard InChI is InChI=1S/C15H24N4O/c1-4-17-14-10-16-9-8-13(14)15(20)18-19-11(2)6-5-7-12(19)3/h8-12,17H,4-7H2,1-3H3,(H,18,20). The first-order valence-electron chi connectivity index (χ1n) is 7.40. The molecular weight excluding hydrogens is 252 g/mol. The second-order valence-electron chi connectivity index (χ2n) is 5.43. The van der Waals surface area contributed by atoms with Crippen molar-refractivity contribution in [3.05, 3.63) is 24.0 Å². The molecule has 2 rings (SSSR count). The predicted molar refractivity (Wildman–Crippen MR) is 80.5 cm³/mol. The number of nitrogens with one attached hydrogen (secondary N) is 2. The summed E-state index contributed by atoms with van der Waals surface area (Å²) in [5, 5.41) is 5.26. The van der Waals surface area contributed by atoms with E-state index < -0.39 is 0 Å². The van der Waals surface area contributed by atoms with E-state index in [1.165, 1.54) is 6.42 Å². The maximum absolute atomic E-state index is 12.5. The van der Waals surface area contributed by atoms with Gasteiger partial charge in [-0.25, -0.2) is 5.01 Å². The van der Waals surface area contributed by atoms with Crippen molar-refractivity contribution in [1.29, 1.82) is 0 Å². The van der Waals surface area contributed by atoms with E-state index in [4.69, 9.17) is 0 Å². The predicted octanol–water partition coefficient (Wildman–Crippen LogP) is 2.42. The molecule has 2 N–H and O–H groups in total. The van der Waals surface area contributed by atoms with Crippen molar-refractivity contribution in [2.75, 3.05) is 11.9 Å². The van der Waals surface area contributed by atoms with Crippen LogP contribution in [-0.2, 0) is 0 Å². The highest BCUT2D eigenvalue weighted by Gasteiger charge is 2.26. The summed E-state index contributed by atoms with van der Waals surface area (Å²) in [6.07, 6.45) is 6.83. The molecule has 1 aliphatic heterocycles. The Kier molecular flexibility index (Phi) is 4.95. The van der Waals surface area contributed by atoms with Gasteiger partial charge in [-0.15, -0.1) is 0 Å². The summed E-state index contributed by atoms with van der Waals surface area (Å²) in [7, 11) is 0.